The van der Waals surface area contributed by atoms with Gasteiger partial charge in [-0.05, 0) is 18.6 Å². The van der Waals surface area contributed by atoms with E-state index in [1.165, 1.54) is 11.5 Å². The number of nitrogens with zero attached hydrogens (tertiary/aromatic N) is 2. The Labute approximate surface area is 85.3 Å². The minimum absolute atomic E-state index is 0.289. The average Bonchev–Trinajstić information content (AvgIpc) is 2.55. The first-order valence-corrected chi connectivity index (χ1v) is 4.36. The molecule has 2 rings (SSSR count). The van der Waals surface area contributed by atoms with Gasteiger partial charge in [-0.25, -0.2) is 9.78 Å². The second-order valence-corrected chi connectivity index (χ2v) is 3.18. The summed E-state index contributed by atoms with van der Waals surface area (Å²) in [6.07, 6.45) is 1.57. The molecule has 2 aromatic rings. The predicted octanol–water partition coefficient (Wildman–Crippen LogP) is 1.57. The van der Waals surface area contributed by atoms with Gasteiger partial charge in [0.15, 0.2) is 0 Å². The molecule has 0 unspecified atom stereocenters. The molecule has 2 aromatic heterocycles. The van der Waals surface area contributed by atoms with Crippen molar-refractivity contribution in [3.63, 3.8) is 0 Å². The van der Waals surface area contributed by atoms with E-state index in [-0.39, 0.29) is 5.69 Å². The van der Waals surface area contributed by atoms with E-state index in [4.69, 9.17) is 0 Å². The number of esters is 1. The van der Waals surface area contributed by atoms with Crippen molar-refractivity contribution in [1.29, 1.82) is 0 Å². The lowest BCUT2D eigenvalue weighted by Crippen LogP contribution is -2.04. The van der Waals surface area contributed by atoms with E-state index in [0.717, 1.165) is 5.56 Å². The molecular weight excluding hydrogens is 199 g/mol. The fraction of sp³-hybridized carbons (Fsp3) is 0.200. The fourth-order valence-corrected chi connectivity index (χ4v) is 1.35. The highest BCUT2D eigenvalue weighted by Crippen LogP contribution is 2.13. The zero-order valence-electron chi connectivity index (χ0n) is 8.32. The number of fused-ring (bicyclic) bond motifs is 1. The lowest BCUT2D eigenvalue weighted by Gasteiger charge is -1.95. The molecule has 0 aliphatic heterocycles. The molecule has 0 saturated heterocycles. The van der Waals surface area contributed by atoms with Crippen molar-refractivity contribution in [3.8, 4) is 0 Å². The summed E-state index contributed by atoms with van der Waals surface area (Å²) < 4.78 is 19.3. The van der Waals surface area contributed by atoms with Crippen LogP contribution >= 0.6 is 0 Å². The van der Waals surface area contributed by atoms with Crippen LogP contribution in [0.4, 0.5) is 4.39 Å². The van der Waals surface area contributed by atoms with Gasteiger partial charge in [0.05, 0.1) is 7.11 Å². The van der Waals surface area contributed by atoms with Crippen molar-refractivity contribution in [2.75, 3.05) is 7.11 Å². The predicted molar refractivity (Wildman–Crippen MR) is 51.2 cm³/mol. The normalized spacial score (nSPS) is 10.6. The molecule has 0 amide bonds. The summed E-state index contributed by atoms with van der Waals surface area (Å²) >= 11 is 0. The van der Waals surface area contributed by atoms with Gasteiger partial charge in [0.1, 0.15) is 5.65 Å². The molecule has 0 radical (unpaired) electrons. The summed E-state index contributed by atoms with van der Waals surface area (Å²) in [6.45, 7) is 1.83. The van der Waals surface area contributed by atoms with E-state index >= 15 is 0 Å². The Morgan fingerprint density at radius 3 is 2.93 bits per heavy atom. The zero-order chi connectivity index (χ0) is 11.0. The van der Waals surface area contributed by atoms with E-state index in [1.807, 2.05) is 6.92 Å². The van der Waals surface area contributed by atoms with Crippen molar-refractivity contribution < 1.29 is 13.9 Å². The number of carbonyl (C=O) groups excluding carboxylic acids is 1. The highest BCUT2D eigenvalue weighted by molar-refractivity contribution is 5.88. The number of aryl methyl sites for hydroxylation is 1. The molecule has 0 aromatic carbocycles. The number of methoxy groups -OCH3 is 1. The number of hydrogen-bond acceptors (Lipinski definition) is 3. The van der Waals surface area contributed by atoms with E-state index < -0.39 is 11.9 Å². The van der Waals surface area contributed by atoms with E-state index in [1.54, 1.807) is 18.3 Å². The summed E-state index contributed by atoms with van der Waals surface area (Å²) in [5.74, 6) is -1.46. The van der Waals surface area contributed by atoms with Crippen molar-refractivity contribution in [2.24, 2.45) is 0 Å². The van der Waals surface area contributed by atoms with Gasteiger partial charge in [-0.1, -0.05) is 6.07 Å². The van der Waals surface area contributed by atoms with Crippen LogP contribution in [-0.2, 0) is 4.74 Å². The Morgan fingerprint density at radius 2 is 2.27 bits per heavy atom. The topological polar surface area (TPSA) is 43.6 Å². The van der Waals surface area contributed by atoms with Crippen LogP contribution in [0.5, 0.6) is 0 Å². The maximum Gasteiger partial charge on any atom is 0.361 e. The Kier molecular flexibility index (Phi) is 2.15. The number of pyridine rings is 1. The van der Waals surface area contributed by atoms with Crippen LogP contribution in [0, 0.1) is 12.9 Å². The van der Waals surface area contributed by atoms with Gasteiger partial charge >= 0.3 is 5.97 Å². The SMILES string of the molecule is COC(=O)c1nc2ccc(C)cn2c1F. The smallest absolute Gasteiger partial charge is 0.361 e. The third-order valence-corrected chi connectivity index (χ3v) is 2.09. The summed E-state index contributed by atoms with van der Waals surface area (Å²) in [7, 11) is 1.19. The van der Waals surface area contributed by atoms with Crippen molar-refractivity contribution >= 4 is 11.6 Å². The van der Waals surface area contributed by atoms with Crippen LogP contribution in [0.3, 0.4) is 0 Å². The van der Waals surface area contributed by atoms with Crippen LogP contribution in [-0.4, -0.2) is 22.5 Å². The Balaban J connectivity index is 2.69. The molecule has 2 heterocycles. The quantitative estimate of drug-likeness (QED) is 0.668. The van der Waals surface area contributed by atoms with Gasteiger partial charge in [0, 0.05) is 6.20 Å². The third-order valence-electron chi connectivity index (χ3n) is 2.09. The number of carbonyl (C=O) groups is 1. The fourth-order valence-electron chi connectivity index (χ4n) is 1.35. The molecule has 0 saturated carbocycles. The first kappa shape index (κ1) is 9.64. The van der Waals surface area contributed by atoms with Gasteiger partial charge in [0.2, 0.25) is 11.6 Å². The van der Waals surface area contributed by atoms with Crippen LogP contribution < -0.4 is 0 Å². The van der Waals surface area contributed by atoms with Crippen LogP contribution in [0.15, 0.2) is 18.3 Å². The molecule has 0 spiro atoms. The standard InChI is InChI=1S/C10H9FN2O2/c1-6-3-4-7-12-8(10(14)15-2)9(11)13(7)5-6/h3-5H,1-2H3. The second-order valence-electron chi connectivity index (χ2n) is 3.18. The molecule has 0 fully saturated rings. The van der Waals surface area contributed by atoms with Crippen LogP contribution in [0.2, 0.25) is 0 Å². The van der Waals surface area contributed by atoms with Crippen molar-refractivity contribution in [1.82, 2.24) is 9.38 Å². The minimum atomic E-state index is -0.770. The number of ether oxygens (including phenoxy) is 1. The number of halogens is 1. The molecule has 78 valence electrons. The summed E-state index contributed by atoms with van der Waals surface area (Å²) in [6, 6.07) is 3.44. The van der Waals surface area contributed by atoms with Crippen molar-refractivity contribution in [2.45, 2.75) is 6.92 Å². The molecule has 0 aliphatic rings. The monoisotopic (exact) mass is 208 g/mol. The Bertz CT molecular complexity index is 533. The number of imidazole rings is 1. The maximum absolute atomic E-state index is 13.6. The molecule has 0 atom stereocenters. The van der Waals surface area contributed by atoms with Gasteiger partial charge in [-0.15, -0.1) is 0 Å². The lowest BCUT2D eigenvalue weighted by molar-refractivity contribution is 0.0589. The molecule has 0 aliphatic carbocycles. The number of rotatable bonds is 1. The number of hydrogen-bond donors (Lipinski definition) is 0. The largest absolute Gasteiger partial charge is 0.464 e. The zero-order valence-corrected chi connectivity index (χ0v) is 8.32. The molecule has 0 bridgehead atoms. The highest BCUT2D eigenvalue weighted by atomic mass is 19.1. The van der Waals surface area contributed by atoms with E-state index in [2.05, 4.69) is 9.72 Å². The third kappa shape index (κ3) is 1.45. The summed E-state index contributed by atoms with van der Waals surface area (Å²) in [4.78, 5) is 15.0. The highest BCUT2D eigenvalue weighted by Gasteiger charge is 2.19. The Hall–Kier alpha value is -1.91. The average molecular weight is 208 g/mol. The molecule has 4 nitrogen and oxygen atoms in total. The van der Waals surface area contributed by atoms with Crippen LogP contribution in [0.1, 0.15) is 16.1 Å². The Morgan fingerprint density at radius 1 is 1.53 bits per heavy atom. The maximum atomic E-state index is 13.6. The van der Waals surface area contributed by atoms with Gasteiger partial charge in [-0.3, -0.25) is 4.40 Å². The lowest BCUT2D eigenvalue weighted by atomic mass is 10.3. The molecule has 5 heteroatoms. The summed E-state index contributed by atoms with van der Waals surface area (Å²) in [5.41, 5.74) is 0.983. The summed E-state index contributed by atoms with van der Waals surface area (Å²) in [5, 5.41) is 0. The molecule has 0 N–H and O–H groups in total. The van der Waals surface area contributed by atoms with Crippen molar-refractivity contribution in [3.05, 3.63) is 35.5 Å². The number of aromatic nitrogens is 2. The molecule has 15 heavy (non-hydrogen) atoms. The minimum Gasteiger partial charge on any atom is -0.464 e. The second kappa shape index (κ2) is 3.34. The van der Waals surface area contributed by atoms with E-state index in [0.29, 0.717) is 5.65 Å². The first-order valence-electron chi connectivity index (χ1n) is 4.36. The molecular formula is C10H9FN2O2. The first-order chi connectivity index (χ1) is 7.13. The van der Waals surface area contributed by atoms with Gasteiger partial charge < -0.3 is 4.74 Å². The van der Waals surface area contributed by atoms with Gasteiger partial charge in [0.25, 0.3) is 0 Å². The van der Waals surface area contributed by atoms with Crippen LogP contribution in [0.25, 0.3) is 5.65 Å². The van der Waals surface area contributed by atoms with Gasteiger partial charge in [-0.2, -0.15) is 4.39 Å². The van der Waals surface area contributed by atoms with E-state index in [9.17, 15) is 9.18 Å².